The van der Waals surface area contributed by atoms with E-state index in [9.17, 15) is 0 Å². The standard InChI is InChI=1S/C10H13N3O/c1-6-5-7(2)13(11-6)10-8(3)12-14-9(10)4/h5H,1-4H3. The van der Waals surface area contributed by atoms with E-state index in [-0.39, 0.29) is 0 Å². The third-order valence-corrected chi connectivity index (χ3v) is 2.22. The molecule has 0 aliphatic rings. The van der Waals surface area contributed by atoms with Crippen molar-refractivity contribution in [2.75, 3.05) is 0 Å². The zero-order valence-electron chi connectivity index (χ0n) is 8.83. The summed E-state index contributed by atoms with van der Waals surface area (Å²) < 4.78 is 6.97. The summed E-state index contributed by atoms with van der Waals surface area (Å²) in [4.78, 5) is 0. The molecule has 4 nitrogen and oxygen atoms in total. The lowest BCUT2D eigenvalue weighted by Crippen LogP contribution is -2.01. The Bertz CT molecular complexity index is 448. The first-order valence-corrected chi connectivity index (χ1v) is 4.56. The lowest BCUT2D eigenvalue weighted by atomic mass is 10.3. The van der Waals surface area contributed by atoms with Crippen LogP contribution in [0, 0.1) is 27.7 Å². The number of rotatable bonds is 1. The Morgan fingerprint density at radius 3 is 2.36 bits per heavy atom. The van der Waals surface area contributed by atoms with E-state index < -0.39 is 0 Å². The smallest absolute Gasteiger partial charge is 0.159 e. The number of aromatic nitrogens is 3. The van der Waals surface area contributed by atoms with Crippen LogP contribution >= 0.6 is 0 Å². The summed E-state index contributed by atoms with van der Waals surface area (Å²) >= 11 is 0. The van der Waals surface area contributed by atoms with Crippen LogP contribution in [-0.2, 0) is 0 Å². The molecular formula is C10H13N3O. The maximum absolute atomic E-state index is 5.10. The van der Waals surface area contributed by atoms with E-state index in [0.717, 1.165) is 28.5 Å². The molecule has 0 radical (unpaired) electrons. The van der Waals surface area contributed by atoms with Crippen molar-refractivity contribution in [2.45, 2.75) is 27.7 Å². The molecule has 0 aromatic carbocycles. The van der Waals surface area contributed by atoms with Crippen LogP contribution < -0.4 is 0 Å². The highest BCUT2D eigenvalue weighted by Gasteiger charge is 2.13. The maximum Gasteiger partial charge on any atom is 0.159 e. The molecule has 0 saturated carbocycles. The van der Waals surface area contributed by atoms with Gasteiger partial charge in [-0.15, -0.1) is 0 Å². The summed E-state index contributed by atoms with van der Waals surface area (Å²) in [6, 6.07) is 2.03. The van der Waals surface area contributed by atoms with Crippen molar-refractivity contribution in [1.82, 2.24) is 14.9 Å². The van der Waals surface area contributed by atoms with E-state index >= 15 is 0 Å². The topological polar surface area (TPSA) is 43.9 Å². The number of hydrogen-bond acceptors (Lipinski definition) is 3. The maximum atomic E-state index is 5.10. The zero-order valence-corrected chi connectivity index (χ0v) is 8.83. The van der Waals surface area contributed by atoms with Crippen LogP contribution in [0.4, 0.5) is 0 Å². The van der Waals surface area contributed by atoms with Gasteiger partial charge >= 0.3 is 0 Å². The third-order valence-electron chi connectivity index (χ3n) is 2.22. The van der Waals surface area contributed by atoms with Crippen LogP contribution in [0.2, 0.25) is 0 Å². The molecule has 4 heteroatoms. The van der Waals surface area contributed by atoms with Gasteiger partial charge in [0.1, 0.15) is 11.4 Å². The van der Waals surface area contributed by atoms with E-state index in [0.29, 0.717) is 0 Å². The Kier molecular flexibility index (Phi) is 1.91. The Morgan fingerprint density at radius 1 is 1.21 bits per heavy atom. The molecule has 0 N–H and O–H groups in total. The van der Waals surface area contributed by atoms with Crippen molar-refractivity contribution in [1.29, 1.82) is 0 Å². The molecule has 0 bridgehead atoms. The lowest BCUT2D eigenvalue weighted by Gasteiger charge is -2.01. The molecule has 0 saturated heterocycles. The van der Waals surface area contributed by atoms with Gasteiger partial charge in [-0.05, 0) is 33.8 Å². The Labute approximate surface area is 82.5 Å². The minimum atomic E-state index is 0.800. The fraction of sp³-hybridized carbons (Fsp3) is 0.400. The molecule has 0 aliphatic carbocycles. The third kappa shape index (κ3) is 1.23. The molecular weight excluding hydrogens is 178 g/mol. The van der Waals surface area contributed by atoms with Crippen LogP contribution in [0.25, 0.3) is 5.69 Å². The molecule has 14 heavy (non-hydrogen) atoms. The molecule has 2 rings (SSSR count). The van der Waals surface area contributed by atoms with Crippen molar-refractivity contribution >= 4 is 0 Å². The number of aryl methyl sites for hydroxylation is 4. The fourth-order valence-electron chi connectivity index (χ4n) is 1.64. The van der Waals surface area contributed by atoms with Crippen molar-refractivity contribution in [2.24, 2.45) is 0 Å². The molecule has 0 amide bonds. The first kappa shape index (κ1) is 8.99. The van der Waals surface area contributed by atoms with Gasteiger partial charge in [0.25, 0.3) is 0 Å². The van der Waals surface area contributed by atoms with Crippen molar-refractivity contribution in [3.63, 3.8) is 0 Å². The average molecular weight is 191 g/mol. The molecule has 2 aromatic rings. The van der Waals surface area contributed by atoms with Gasteiger partial charge in [0.15, 0.2) is 5.76 Å². The van der Waals surface area contributed by atoms with Gasteiger partial charge in [0, 0.05) is 5.69 Å². The predicted octanol–water partition coefficient (Wildman–Crippen LogP) is 2.09. The van der Waals surface area contributed by atoms with Crippen molar-refractivity contribution < 1.29 is 4.52 Å². The van der Waals surface area contributed by atoms with E-state index in [2.05, 4.69) is 10.3 Å². The second-order valence-electron chi connectivity index (χ2n) is 3.51. The minimum Gasteiger partial charge on any atom is -0.359 e. The van der Waals surface area contributed by atoms with Crippen LogP contribution in [0.5, 0.6) is 0 Å². The van der Waals surface area contributed by atoms with Gasteiger partial charge in [-0.25, -0.2) is 4.68 Å². The van der Waals surface area contributed by atoms with Crippen LogP contribution in [0.1, 0.15) is 22.8 Å². The van der Waals surface area contributed by atoms with Crippen molar-refractivity contribution in [3.05, 3.63) is 28.9 Å². The lowest BCUT2D eigenvalue weighted by molar-refractivity contribution is 0.392. The normalized spacial score (nSPS) is 10.9. The van der Waals surface area contributed by atoms with Gasteiger partial charge in [0.2, 0.25) is 0 Å². The van der Waals surface area contributed by atoms with Crippen LogP contribution in [0.15, 0.2) is 10.6 Å². The SMILES string of the molecule is Cc1cc(C)n(-c2c(C)noc2C)n1. The quantitative estimate of drug-likeness (QED) is 0.693. The monoisotopic (exact) mass is 191 g/mol. The molecule has 2 heterocycles. The van der Waals surface area contributed by atoms with Gasteiger partial charge in [-0.3, -0.25) is 0 Å². The predicted molar refractivity (Wildman–Crippen MR) is 52.6 cm³/mol. The zero-order chi connectivity index (χ0) is 10.3. The van der Waals surface area contributed by atoms with Gasteiger partial charge in [-0.1, -0.05) is 5.16 Å². The summed E-state index contributed by atoms with van der Waals surface area (Å²) in [5, 5.41) is 8.30. The van der Waals surface area contributed by atoms with Crippen LogP contribution in [0.3, 0.4) is 0 Å². The Hall–Kier alpha value is -1.58. The Balaban J connectivity index is 2.65. The molecule has 0 unspecified atom stereocenters. The average Bonchev–Trinajstić information content (AvgIpc) is 2.57. The van der Waals surface area contributed by atoms with Gasteiger partial charge < -0.3 is 4.52 Å². The highest BCUT2D eigenvalue weighted by Crippen LogP contribution is 2.19. The summed E-state index contributed by atoms with van der Waals surface area (Å²) in [7, 11) is 0. The molecule has 2 aromatic heterocycles. The summed E-state index contributed by atoms with van der Waals surface area (Å²) in [6.45, 7) is 7.81. The molecule has 0 fully saturated rings. The first-order chi connectivity index (χ1) is 6.59. The van der Waals surface area contributed by atoms with E-state index in [1.807, 2.05) is 38.4 Å². The summed E-state index contributed by atoms with van der Waals surface area (Å²) in [5.74, 6) is 0.800. The molecule has 0 aliphatic heterocycles. The summed E-state index contributed by atoms with van der Waals surface area (Å²) in [6.07, 6.45) is 0. The van der Waals surface area contributed by atoms with Gasteiger partial charge in [-0.2, -0.15) is 5.10 Å². The molecule has 0 atom stereocenters. The number of hydrogen-bond donors (Lipinski definition) is 0. The van der Waals surface area contributed by atoms with Crippen LogP contribution in [-0.4, -0.2) is 14.9 Å². The first-order valence-electron chi connectivity index (χ1n) is 4.56. The largest absolute Gasteiger partial charge is 0.359 e. The van der Waals surface area contributed by atoms with Crippen molar-refractivity contribution in [3.8, 4) is 5.69 Å². The van der Waals surface area contributed by atoms with E-state index in [1.54, 1.807) is 0 Å². The second-order valence-corrected chi connectivity index (χ2v) is 3.51. The van der Waals surface area contributed by atoms with E-state index in [1.165, 1.54) is 0 Å². The fourth-order valence-corrected chi connectivity index (χ4v) is 1.64. The molecule has 74 valence electrons. The minimum absolute atomic E-state index is 0.800. The molecule has 0 spiro atoms. The Morgan fingerprint density at radius 2 is 1.93 bits per heavy atom. The summed E-state index contributed by atoms with van der Waals surface area (Å²) in [5.41, 5.74) is 3.92. The highest BCUT2D eigenvalue weighted by molar-refractivity contribution is 5.39. The second kappa shape index (κ2) is 2.97. The highest BCUT2D eigenvalue weighted by atomic mass is 16.5. The van der Waals surface area contributed by atoms with E-state index in [4.69, 9.17) is 4.52 Å². The number of nitrogens with zero attached hydrogens (tertiary/aromatic N) is 3. The van der Waals surface area contributed by atoms with Gasteiger partial charge in [0.05, 0.1) is 5.69 Å².